The van der Waals surface area contributed by atoms with Gasteiger partial charge in [-0.15, -0.1) is 0 Å². The van der Waals surface area contributed by atoms with Gasteiger partial charge in [0.2, 0.25) is 15.9 Å². The van der Waals surface area contributed by atoms with Crippen LogP contribution in [0.3, 0.4) is 0 Å². The number of carbonyl (C=O) groups excluding carboxylic acids is 1. The first-order valence-electron chi connectivity index (χ1n) is 12.9. The van der Waals surface area contributed by atoms with Gasteiger partial charge >= 0.3 is 0 Å². The maximum absolute atomic E-state index is 13.0. The summed E-state index contributed by atoms with van der Waals surface area (Å²) in [5, 5.41) is 3.08. The second kappa shape index (κ2) is 10.7. The van der Waals surface area contributed by atoms with E-state index in [1.54, 1.807) is 0 Å². The lowest BCUT2D eigenvalue weighted by Crippen LogP contribution is -2.47. The van der Waals surface area contributed by atoms with Gasteiger partial charge in [-0.05, 0) is 55.4 Å². The number of benzene rings is 2. The van der Waals surface area contributed by atoms with Gasteiger partial charge in [-0.25, -0.2) is 12.7 Å². The van der Waals surface area contributed by atoms with Gasteiger partial charge in [0.25, 0.3) is 0 Å². The average Bonchev–Trinajstić information content (AvgIpc) is 3.69. The molecule has 2 aromatic carbocycles. The molecule has 2 saturated heterocycles. The Morgan fingerprint density at radius 1 is 0.857 bits per heavy atom. The monoisotopic (exact) mass is 496 g/mol. The number of nitrogens with one attached hydrogen (secondary N) is 1. The molecular formula is C27H36N4O3S. The summed E-state index contributed by atoms with van der Waals surface area (Å²) >= 11 is 0. The van der Waals surface area contributed by atoms with Crippen LogP contribution in [0, 0.1) is 11.8 Å². The van der Waals surface area contributed by atoms with Crippen LogP contribution in [0.15, 0.2) is 54.6 Å². The highest BCUT2D eigenvalue weighted by Crippen LogP contribution is 2.30. The molecule has 35 heavy (non-hydrogen) atoms. The summed E-state index contributed by atoms with van der Waals surface area (Å²) in [6.07, 6.45) is 3.87. The Hall–Kier alpha value is -2.42. The van der Waals surface area contributed by atoms with E-state index < -0.39 is 10.0 Å². The number of sulfonamides is 1. The van der Waals surface area contributed by atoms with Gasteiger partial charge in [-0.2, -0.15) is 0 Å². The van der Waals surface area contributed by atoms with Crippen LogP contribution < -0.4 is 10.2 Å². The lowest BCUT2D eigenvalue weighted by Gasteiger charge is -2.36. The molecule has 3 fully saturated rings. The number of nitrogens with zero attached hydrogens (tertiary/aromatic N) is 3. The minimum atomic E-state index is -3.38. The zero-order valence-electron chi connectivity index (χ0n) is 20.3. The molecule has 0 unspecified atom stereocenters. The molecule has 5 rings (SSSR count). The molecule has 1 amide bonds. The zero-order chi connectivity index (χ0) is 24.3. The lowest BCUT2D eigenvalue weighted by molar-refractivity contribution is -0.120. The molecule has 0 radical (unpaired) electrons. The molecule has 188 valence electrons. The summed E-state index contributed by atoms with van der Waals surface area (Å²) in [5.74, 6) is 0.743. The molecule has 1 N–H and O–H groups in total. The Morgan fingerprint density at radius 2 is 1.57 bits per heavy atom. The zero-order valence-corrected chi connectivity index (χ0v) is 21.1. The van der Waals surface area contributed by atoms with E-state index >= 15 is 0 Å². The highest BCUT2D eigenvalue weighted by Gasteiger charge is 2.31. The van der Waals surface area contributed by atoms with E-state index in [1.165, 1.54) is 23.7 Å². The first-order chi connectivity index (χ1) is 17.0. The smallest absolute Gasteiger partial charge is 0.227 e. The van der Waals surface area contributed by atoms with E-state index in [2.05, 4.69) is 27.2 Å². The van der Waals surface area contributed by atoms with Crippen molar-refractivity contribution < 1.29 is 13.2 Å². The van der Waals surface area contributed by atoms with E-state index in [4.69, 9.17) is 0 Å². The highest BCUT2D eigenvalue weighted by atomic mass is 32.2. The van der Waals surface area contributed by atoms with Crippen LogP contribution in [0.1, 0.15) is 31.2 Å². The number of hydrogen-bond acceptors (Lipinski definition) is 5. The first-order valence-corrected chi connectivity index (χ1v) is 14.5. The Balaban J connectivity index is 1.11. The fraction of sp³-hybridized carbons (Fsp3) is 0.519. The van der Waals surface area contributed by atoms with Crippen LogP contribution in [-0.4, -0.2) is 69.3 Å². The van der Waals surface area contributed by atoms with E-state index in [0.717, 1.165) is 49.0 Å². The SMILES string of the molecule is O=C(Nc1cccc(N2CCN(CC3CC3)CC2)c1)C1CCN(S(=O)(=O)Cc2ccccc2)CC1. The van der Waals surface area contributed by atoms with Gasteiger partial charge in [0.1, 0.15) is 0 Å². The molecule has 0 aromatic heterocycles. The lowest BCUT2D eigenvalue weighted by atomic mass is 9.97. The van der Waals surface area contributed by atoms with Gasteiger partial charge in [-0.1, -0.05) is 36.4 Å². The van der Waals surface area contributed by atoms with Gasteiger partial charge in [0.05, 0.1) is 5.75 Å². The standard InChI is InChI=1S/C27H36N4O3S/c32-27(24-11-13-31(14-12-24)35(33,34)21-23-5-2-1-3-6-23)28-25-7-4-8-26(19-25)30-17-15-29(16-18-30)20-22-9-10-22/h1-8,19,22,24H,9-18,20-21H2,(H,28,32). The van der Waals surface area contributed by atoms with Crippen LogP contribution in [0.4, 0.5) is 11.4 Å². The van der Waals surface area contributed by atoms with Crippen LogP contribution >= 0.6 is 0 Å². The molecular weight excluding hydrogens is 460 g/mol. The van der Waals surface area contributed by atoms with Crippen molar-refractivity contribution in [1.82, 2.24) is 9.21 Å². The predicted molar refractivity (Wildman–Crippen MR) is 140 cm³/mol. The molecule has 0 atom stereocenters. The normalized spacial score (nSPS) is 20.6. The summed E-state index contributed by atoms with van der Waals surface area (Å²) in [5.41, 5.74) is 2.75. The summed E-state index contributed by atoms with van der Waals surface area (Å²) in [6, 6.07) is 17.4. The molecule has 0 bridgehead atoms. The molecule has 1 saturated carbocycles. The average molecular weight is 497 g/mol. The van der Waals surface area contributed by atoms with Gasteiger partial charge in [0, 0.05) is 63.1 Å². The molecule has 0 spiro atoms. The Bertz CT molecular complexity index is 1100. The highest BCUT2D eigenvalue weighted by molar-refractivity contribution is 7.88. The van der Waals surface area contributed by atoms with Crippen molar-refractivity contribution in [3.8, 4) is 0 Å². The quantitative estimate of drug-likeness (QED) is 0.607. The second-order valence-electron chi connectivity index (χ2n) is 10.2. The third-order valence-corrected chi connectivity index (χ3v) is 9.32. The van der Waals surface area contributed by atoms with Crippen molar-refractivity contribution in [3.63, 3.8) is 0 Å². The Labute approximate surface area is 209 Å². The van der Waals surface area contributed by atoms with Crippen molar-refractivity contribution in [2.75, 3.05) is 56.0 Å². The second-order valence-corrected chi connectivity index (χ2v) is 12.2. The van der Waals surface area contributed by atoms with E-state index in [-0.39, 0.29) is 17.6 Å². The topological polar surface area (TPSA) is 73.0 Å². The molecule has 2 aromatic rings. The number of amides is 1. The third-order valence-electron chi connectivity index (χ3n) is 7.47. The fourth-order valence-electron chi connectivity index (χ4n) is 5.15. The number of hydrogen-bond donors (Lipinski definition) is 1. The molecule has 2 heterocycles. The van der Waals surface area contributed by atoms with Crippen LogP contribution in [-0.2, 0) is 20.6 Å². The Kier molecular flexibility index (Phi) is 7.41. The van der Waals surface area contributed by atoms with E-state index in [0.29, 0.717) is 25.9 Å². The van der Waals surface area contributed by atoms with Crippen LogP contribution in [0.5, 0.6) is 0 Å². The van der Waals surface area contributed by atoms with E-state index in [9.17, 15) is 13.2 Å². The molecule has 7 nitrogen and oxygen atoms in total. The first kappa shape index (κ1) is 24.3. The fourth-order valence-corrected chi connectivity index (χ4v) is 6.71. The number of piperidine rings is 1. The molecule has 8 heteroatoms. The minimum absolute atomic E-state index is 0.00629. The molecule has 1 aliphatic carbocycles. The Morgan fingerprint density at radius 3 is 2.26 bits per heavy atom. The van der Waals surface area contributed by atoms with Crippen molar-refractivity contribution in [1.29, 1.82) is 0 Å². The summed E-state index contributed by atoms with van der Waals surface area (Å²) in [4.78, 5) is 17.9. The van der Waals surface area contributed by atoms with Gasteiger partial charge in [-0.3, -0.25) is 9.69 Å². The third kappa shape index (κ3) is 6.42. The van der Waals surface area contributed by atoms with Gasteiger partial charge in [0.15, 0.2) is 0 Å². The predicted octanol–water partition coefficient (Wildman–Crippen LogP) is 3.40. The van der Waals surface area contributed by atoms with Crippen molar-refractivity contribution in [3.05, 3.63) is 60.2 Å². The van der Waals surface area contributed by atoms with Crippen molar-refractivity contribution >= 4 is 27.3 Å². The molecule has 2 aliphatic heterocycles. The van der Waals surface area contributed by atoms with Crippen LogP contribution in [0.2, 0.25) is 0 Å². The number of carbonyl (C=O) groups is 1. The number of rotatable bonds is 8. The largest absolute Gasteiger partial charge is 0.369 e. The van der Waals surface area contributed by atoms with Crippen molar-refractivity contribution in [2.45, 2.75) is 31.4 Å². The van der Waals surface area contributed by atoms with Crippen LogP contribution in [0.25, 0.3) is 0 Å². The van der Waals surface area contributed by atoms with Crippen molar-refractivity contribution in [2.24, 2.45) is 11.8 Å². The maximum atomic E-state index is 13.0. The number of piperazine rings is 1. The summed E-state index contributed by atoms with van der Waals surface area (Å²) in [7, 11) is -3.38. The van der Waals surface area contributed by atoms with E-state index in [1.807, 2.05) is 42.5 Å². The molecule has 3 aliphatic rings. The maximum Gasteiger partial charge on any atom is 0.227 e. The minimum Gasteiger partial charge on any atom is -0.369 e. The number of anilines is 2. The van der Waals surface area contributed by atoms with Gasteiger partial charge < -0.3 is 10.2 Å². The summed E-state index contributed by atoms with van der Waals surface area (Å²) < 4.78 is 27.1. The summed E-state index contributed by atoms with van der Waals surface area (Å²) in [6.45, 7) is 6.24.